The molecule has 0 bridgehead atoms. The van der Waals surface area contributed by atoms with Crippen molar-refractivity contribution in [3.63, 3.8) is 0 Å². The number of carbonyl (C=O) groups excluding carboxylic acids is 1. The van der Waals surface area contributed by atoms with Crippen LogP contribution >= 0.6 is 0 Å². The largest absolute Gasteiger partial charge is 0.399 e. The van der Waals surface area contributed by atoms with Crippen LogP contribution in [-0.4, -0.2) is 94.8 Å². The van der Waals surface area contributed by atoms with Gasteiger partial charge in [0, 0.05) is 89.7 Å². The van der Waals surface area contributed by atoms with Crippen molar-refractivity contribution in [1.29, 1.82) is 0 Å². The van der Waals surface area contributed by atoms with Gasteiger partial charge in [-0.1, -0.05) is 158 Å². The third-order valence-corrected chi connectivity index (χ3v) is 13.9. The Balaban J connectivity index is 0.000000149. The average Bonchev–Trinajstić information content (AvgIpc) is 2.78. The zero-order valence-corrected chi connectivity index (χ0v) is 49.0. The molecule has 0 spiro atoms. The van der Waals surface area contributed by atoms with Crippen molar-refractivity contribution >= 4 is 23.1 Å². The van der Waals surface area contributed by atoms with E-state index in [4.69, 9.17) is 10.5 Å². The summed E-state index contributed by atoms with van der Waals surface area (Å²) in [6.45, 7) is 5.92. The fraction of sp³-hybridized carbons (Fsp3) is 0.145. The Morgan fingerprint density at radius 2 is 0.944 bits per heavy atom. The molecule has 21 nitrogen and oxygen atoms in total. The van der Waals surface area contributed by atoms with Gasteiger partial charge in [-0.15, -0.1) is 0 Å². The van der Waals surface area contributed by atoms with E-state index in [9.17, 15) is 34.1 Å². The second kappa shape index (κ2) is 32.3. The van der Waals surface area contributed by atoms with Crippen LogP contribution in [0.2, 0.25) is 0 Å². The number of hydrogen-bond donors (Lipinski definition) is 4. The number of H-pyrrole nitrogens is 1. The van der Waals surface area contributed by atoms with E-state index in [0.717, 1.165) is 89.7 Å². The number of nitrogen functional groups attached to an aromatic ring is 1. The van der Waals surface area contributed by atoms with E-state index in [1.807, 2.05) is 170 Å². The number of urea groups is 1. The SMILES string of the molecule is Nc1cccc(Cn2nc(-c3ccccc3)ccc2=O)c1.O=C(NCCCN1CCOCC1)Nc1cccc(Cn2nc(-c3ccccc3)ccc2=O)c1.O=c1ccc(-c2ccccc2)n[nH]1.O=c1ccc(-c2ccccc2)nn1Cc1cccc([N+](=O)[O-])c1. The zero-order chi connectivity index (χ0) is 62.9. The molecule has 7 aromatic carbocycles. The molecule has 1 fully saturated rings. The molecule has 0 saturated carbocycles. The second-order valence-corrected chi connectivity index (χ2v) is 20.5. The molecular weight excluding hydrogens is 1140 g/mol. The highest BCUT2D eigenvalue weighted by atomic mass is 16.6. The first-order valence-electron chi connectivity index (χ1n) is 28.9. The Kier molecular flexibility index (Phi) is 22.6. The average molecular weight is 1200 g/mol. The summed E-state index contributed by atoms with van der Waals surface area (Å²) in [5.74, 6) is 0. The van der Waals surface area contributed by atoms with Crippen molar-refractivity contribution in [3.05, 3.63) is 311 Å². The second-order valence-electron chi connectivity index (χ2n) is 20.5. The highest BCUT2D eigenvalue weighted by molar-refractivity contribution is 5.89. The number of nitrogens with two attached hydrogens (primary N) is 1. The van der Waals surface area contributed by atoms with Gasteiger partial charge in [0.2, 0.25) is 0 Å². The number of nitrogens with zero attached hydrogens (tertiary/aromatic N) is 9. The van der Waals surface area contributed by atoms with Crippen LogP contribution in [0, 0.1) is 10.1 Å². The quantitative estimate of drug-likeness (QED) is 0.0304. The minimum Gasteiger partial charge on any atom is -0.399 e. The maximum Gasteiger partial charge on any atom is 0.319 e. The van der Waals surface area contributed by atoms with Crippen LogP contribution in [0.1, 0.15) is 23.1 Å². The molecule has 454 valence electrons. The number of nitro benzene ring substituents is 1. The van der Waals surface area contributed by atoms with E-state index in [2.05, 4.69) is 41.0 Å². The van der Waals surface area contributed by atoms with Crippen LogP contribution in [0.4, 0.5) is 21.9 Å². The fourth-order valence-corrected chi connectivity index (χ4v) is 9.32. The first kappa shape index (κ1) is 63.0. The first-order valence-corrected chi connectivity index (χ1v) is 28.9. The van der Waals surface area contributed by atoms with Gasteiger partial charge in [-0.25, -0.2) is 23.9 Å². The third-order valence-electron chi connectivity index (χ3n) is 13.9. The smallest absolute Gasteiger partial charge is 0.319 e. The molecule has 21 heteroatoms. The van der Waals surface area contributed by atoms with Gasteiger partial charge < -0.3 is 21.1 Å². The van der Waals surface area contributed by atoms with Crippen molar-refractivity contribution in [2.24, 2.45) is 0 Å². The Bertz CT molecular complexity index is 4350. The number of non-ortho nitro benzene ring substituents is 1. The Hall–Kier alpha value is -11.6. The van der Waals surface area contributed by atoms with Gasteiger partial charge in [0.25, 0.3) is 27.9 Å². The van der Waals surface area contributed by atoms with Crippen molar-refractivity contribution < 1.29 is 14.5 Å². The van der Waals surface area contributed by atoms with E-state index in [1.165, 1.54) is 44.4 Å². The monoisotopic (exact) mass is 1200 g/mol. The van der Waals surface area contributed by atoms with Gasteiger partial charge in [-0.3, -0.25) is 34.2 Å². The Labute approximate surface area is 517 Å². The van der Waals surface area contributed by atoms with Gasteiger partial charge in [0.15, 0.2) is 0 Å². The summed E-state index contributed by atoms with van der Waals surface area (Å²) in [7, 11) is 0. The van der Waals surface area contributed by atoms with E-state index in [-0.39, 0.29) is 40.5 Å². The van der Waals surface area contributed by atoms with Crippen molar-refractivity contribution in [3.8, 4) is 45.0 Å². The maximum atomic E-state index is 12.3. The Morgan fingerprint density at radius 1 is 0.511 bits per heavy atom. The molecule has 5 heterocycles. The minimum atomic E-state index is -0.458. The Morgan fingerprint density at radius 3 is 1.40 bits per heavy atom. The van der Waals surface area contributed by atoms with E-state index in [1.54, 1.807) is 42.5 Å². The summed E-state index contributed by atoms with van der Waals surface area (Å²) in [6, 6.07) is 72.5. The number of nitrogens with one attached hydrogen (secondary N) is 3. The maximum absolute atomic E-state index is 12.3. The van der Waals surface area contributed by atoms with Gasteiger partial charge in [0.05, 0.1) is 60.5 Å². The molecule has 0 aliphatic carbocycles. The number of morpholine rings is 1. The lowest BCUT2D eigenvalue weighted by Crippen LogP contribution is -2.38. The van der Waals surface area contributed by atoms with E-state index >= 15 is 0 Å². The lowest BCUT2D eigenvalue weighted by Gasteiger charge is -2.26. The molecule has 0 radical (unpaired) electrons. The van der Waals surface area contributed by atoms with Crippen LogP contribution in [0.3, 0.4) is 0 Å². The van der Waals surface area contributed by atoms with Crippen LogP contribution in [-0.2, 0) is 24.4 Å². The molecule has 1 saturated heterocycles. The molecule has 4 aromatic heterocycles. The molecule has 12 rings (SSSR count). The number of ether oxygens (including phenoxy) is 1. The van der Waals surface area contributed by atoms with Crippen LogP contribution in [0.5, 0.6) is 0 Å². The van der Waals surface area contributed by atoms with Crippen LogP contribution < -0.4 is 38.6 Å². The summed E-state index contributed by atoms with van der Waals surface area (Å²) >= 11 is 0. The standard InChI is InChI=1S/C25H29N5O3.C17H13N3O3.C17H15N3O.C10H8N2O/c31-24-11-10-23(21-7-2-1-3-8-21)28-30(24)19-20-6-4-9-22(18-20)27-25(32)26-12-5-13-29-14-16-33-17-15-29;21-17-10-9-16(14-6-2-1-3-7-14)18-19(17)12-13-5-4-8-15(11-13)20(22)23;18-15-8-4-5-13(11-15)12-20-17(21)10-9-16(19-20)14-6-2-1-3-7-14;13-10-7-6-9(11-12-10)8-4-2-1-3-5-8/h1-4,6-11,18H,5,12-17,19H2,(H2,26,27,32);1-11H,12H2;1-11H,12,18H2;1-7H,(H,12,13). The summed E-state index contributed by atoms with van der Waals surface area (Å²) in [4.78, 5) is 72.0. The normalized spacial score (nSPS) is 11.7. The van der Waals surface area contributed by atoms with Gasteiger partial charge >= 0.3 is 6.03 Å². The van der Waals surface area contributed by atoms with Crippen molar-refractivity contribution in [1.82, 2.24) is 49.8 Å². The summed E-state index contributed by atoms with van der Waals surface area (Å²) in [5.41, 5.74) is 15.7. The fourth-order valence-electron chi connectivity index (χ4n) is 9.32. The topological polar surface area (TPSA) is 273 Å². The number of aromatic nitrogens is 8. The molecule has 5 N–H and O–H groups in total. The molecule has 90 heavy (non-hydrogen) atoms. The molecular formula is C69H65N13O8. The lowest BCUT2D eigenvalue weighted by atomic mass is 10.1. The molecule has 2 amide bonds. The number of anilines is 2. The van der Waals surface area contributed by atoms with Gasteiger partial charge in [0.1, 0.15) is 0 Å². The predicted molar refractivity (Wildman–Crippen MR) is 349 cm³/mol. The molecule has 0 atom stereocenters. The zero-order valence-electron chi connectivity index (χ0n) is 49.0. The van der Waals surface area contributed by atoms with Crippen LogP contribution in [0.15, 0.2) is 262 Å². The van der Waals surface area contributed by atoms with Gasteiger partial charge in [-0.2, -0.15) is 20.4 Å². The first-order chi connectivity index (χ1) is 43.9. The van der Waals surface area contributed by atoms with Crippen molar-refractivity contribution in [2.45, 2.75) is 26.1 Å². The molecule has 1 aliphatic heterocycles. The minimum absolute atomic E-state index is 0.00485. The summed E-state index contributed by atoms with van der Waals surface area (Å²) < 4.78 is 9.55. The molecule has 0 unspecified atom stereocenters. The number of carbonyl (C=O) groups is 1. The molecule has 11 aromatic rings. The number of benzene rings is 7. The summed E-state index contributed by atoms with van der Waals surface area (Å²) in [5, 5.41) is 36.2. The van der Waals surface area contributed by atoms with Gasteiger partial charge in [-0.05, 0) is 78.2 Å². The lowest BCUT2D eigenvalue weighted by molar-refractivity contribution is -0.384. The predicted octanol–water partition coefficient (Wildman–Crippen LogP) is 9.65. The van der Waals surface area contributed by atoms with E-state index < -0.39 is 4.92 Å². The number of nitro groups is 1. The number of amides is 2. The van der Waals surface area contributed by atoms with Crippen LogP contribution in [0.25, 0.3) is 45.0 Å². The highest BCUT2D eigenvalue weighted by Gasteiger charge is 2.13. The number of rotatable bonds is 16. The van der Waals surface area contributed by atoms with E-state index in [0.29, 0.717) is 42.3 Å². The number of aromatic amines is 1. The molecule has 1 aliphatic rings. The highest BCUT2D eigenvalue weighted by Crippen LogP contribution is 2.20. The van der Waals surface area contributed by atoms with Crippen molar-refractivity contribution in [2.75, 3.05) is 50.4 Å². The summed E-state index contributed by atoms with van der Waals surface area (Å²) in [6.07, 6.45) is 0.889. The number of hydrogen-bond acceptors (Lipinski definition) is 14. The third kappa shape index (κ3) is 19.2.